The number of nitrogens with zero attached hydrogens (tertiary/aromatic N) is 2. The van der Waals surface area contributed by atoms with E-state index in [9.17, 15) is 18.0 Å². The van der Waals surface area contributed by atoms with Crippen LogP contribution in [0.4, 0.5) is 5.69 Å². The van der Waals surface area contributed by atoms with E-state index >= 15 is 0 Å². The molecule has 2 heterocycles. The molecule has 156 valence electrons. The van der Waals surface area contributed by atoms with Crippen molar-refractivity contribution >= 4 is 38.9 Å². The molecule has 29 heavy (non-hydrogen) atoms. The second-order valence-electron chi connectivity index (χ2n) is 7.27. The van der Waals surface area contributed by atoms with E-state index in [2.05, 4.69) is 5.32 Å². The second-order valence-corrected chi connectivity index (χ2v) is 10.5. The van der Waals surface area contributed by atoms with Gasteiger partial charge in [0.25, 0.3) is 15.9 Å². The highest BCUT2D eigenvalue weighted by Gasteiger charge is 2.30. The first-order valence-electron chi connectivity index (χ1n) is 9.44. The van der Waals surface area contributed by atoms with E-state index in [0.29, 0.717) is 30.6 Å². The monoisotopic (exact) mass is 435 g/mol. The highest BCUT2D eigenvalue weighted by Crippen LogP contribution is 2.30. The van der Waals surface area contributed by atoms with Crippen LogP contribution in [0.5, 0.6) is 0 Å². The van der Waals surface area contributed by atoms with E-state index in [4.69, 9.17) is 0 Å². The zero-order valence-corrected chi connectivity index (χ0v) is 18.3. The number of benzene rings is 1. The largest absolute Gasteiger partial charge is 0.350 e. The number of thiophene rings is 1. The molecule has 1 N–H and O–H groups in total. The zero-order chi connectivity index (χ0) is 21.2. The third kappa shape index (κ3) is 4.52. The molecule has 1 aliphatic rings. The number of carbonyl (C=O) groups excluding carboxylic acids is 2. The molecule has 0 saturated carbocycles. The van der Waals surface area contributed by atoms with Crippen molar-refractivity contribution in [3.63, 3.8) is 0 Å². The lowest BCUT2D eigenvalue weighted by Crippen LogP contribution is -2.43. The Morgan fingerprint density at radius 1 is 1.24 bits per heavy atom. The number of rotatable bonds is 6. The number of anilines is 1. The molecule has 0 fully saturated rings. The van der Waals surface area contributed by atoms with Crippen LogP contribution in [0.25, 0.3) is 0 Å². The van der Waals surface area contributed by atoms with Crippen LogP contribution in [0.1, 0.15) is 36.2 Å². The minimum absolute atomic E-state index is 0.00999. The summed E-state index contributed by atoms with van der Waals surface area (Å²) in [4.78, 5) is 27.1. The number of fused-ring (bicyclic) bond motifs is 1. The minimum atomic E-state index is -3.70. The fourth-order valence-electron chi connectivity index (χ4n) is 3.36. The molecule has 1 aromatic heterocycles. The van der Waals surface area contributed by atoms with Gasteiger partial charge in [0.15, 0.2) is 0 Å². The Kier molecular flexibility index (Phi) is 6.40. The maximum absolute atomic E-state index is 13.0. The van der Waals surface area contributed by atoms with E-state index in [1.54, 1.807) is 28.5 Å². The van der Waals surface area contributed by atoms with Crippen molar-refractivity contribution in [3.05, 3.63) is 46.8 Å². The van der Waals surface area contributed by atoms with Gasteiger partial charge >= 0.3 is 0 Å². The van der Waals surface area contributed by atoms with Crippen molar-refractivity contribution < 1.29 is 18.0 Å². The smallest absolute Gasteiger partial charge is 0.252 e. The summed E-state index contributed by atoms with van der Waals surface area (Å²) in [5, 5.41) is 4.58. The summed E-state index contributed by atoms with van der Waals surface area (Å²) in [6.45, 7) is 4.02. The van der Waals surface area contributed by atoms with Crippen LogP contribution in [-0.2, 0) is 21.2 Å². The fraction of sp³-hybridized carbons (Fsp3) is 0.400. The predicted molar refractivity (Wildman–Crippen MR) is 114 cm³/mol. The summed E-state index contributed by atoms with van der Waals surface area (Å²) < 4.78 is 26.5. The second kappa shape index (κ2) is 8.64. The Labute approximate surface area is 175 Å². The van der Waals surface area contributed by atoms with Gasteiger partial charge in [-0.2, -0.15) is 4.31 Å². The van der Waals surface area contributed by atoms with Gasteiger partial charge in [-0.25, -0.2) is 8.42 Å². The van der Waals surface area contributed by atoms with Crippen molar-refractivity contribution in [1.29, 1.82) is 0 Å². The van der Waals surface area contributed by atoms with Crippen LogP contribution in [0.3, 0.4) is 0 Å². The summed E-state index contributed by atoms with van der Waals surface area (Å²) in [6.07, 6.45) is 1.41. The van der Waals surface area contributed by atoms with Gasteiger partial charge in [0, 0.05) is 30.9 Å². The van der Waals surface area contributed by atoms with E-state index in [-0.39, 0.29) is 28.6 Å². The standard InChI is InChI=1S/C20H25N3O4S2/c1-14(2)21-20(25)16-7-4-9-17-15(16)8-5-11-23(17)18(24)13-22(3)29(26,27)19-10-6-12-28-19/h4,6-7,9-10,12,14H,5,8,11,13H2,1-3H3,(H,21,25). The van der Waals surface area contributed by atoms with Crippen LogP contribution in [0, 0.1) is 0 Å². The van der Waals surface area contributed by atoms with Gasteiger partial charge in [-0.05, 0) is 55.8 Å². The lowest BCUT2D eigenvalue weighted by atomic mass is 9.95. The molecule has 9 heteroatoms. The minimum Gasteiger partial charge on any atom is -0.350 e. The van der Waals surface area contributed by atoms with Crippen LogP contribution in [0.15, 0.2) is 39.9 Å². The molecule has 0 bridgehead atoms. The van der Waals surface area contributed by atoms with Crippen LogP contribution in [0.2, 0.25) is 0 Å². The Morgan fingerprint density at radius 3 is 2.66 bits per heavy atom. The van der Waals surface area contributed by atoms with Crippen LogP contribution < -0.4 is 10.2 Å². The van der Waals surface area contributed by atoms with Crippen molar-refractivity contribution in [3.8, 4) is 0 Å². The molecule has 0 saturated heterocycles. The van der Waals surface area contributed by atoms with Gasteiger partial charge in [0.2, 0.25) is 5.91 Å². The van der Waals surface area contributed by atoms with Crippen LogP contribution in [-0.4, -0.2) is 50.7 Å². The molecule has 0 atom stereocenters. The van der Waals surface area contributed by atoms with Crippen molar-refractivity contribution in [1.82, 2.24) is 9.62 Å². The molecule has 0 aliphatic carbocycles. The van der Waals surface area contributed by atoms with E-state index in [1.807, 2.05) is 19.9 Å². The number of hydrogen-bond acceptors (Lipinski definition) is 5. The summed E-state index contributed by atoms with van der Waals surface area (Å²) in [7, 11) is -2.29. The molecule has 2 amide bonds. The van der Waals surface area contributed by atoms with E-state index < -0.39 is 10.0 Å². The molecule has 1 aromatic carbocycles. The Morgan fingerprint density at radius 2 is 2.00 bits per heavy atom. The predicted octanol–water partition coefficient (Wildman–Crippen LogP) is 2.49. The maximum atomic E-state index is 13.0. The van der Waals surface area contributed by atoms with E-state index in [1.165, 1.54) is 13.1 Å². The molecule has 1 aliphatic heterocycles. The van der Waals surface area contributed by atoms with Crippen molar-refractivity contribution in [2.24, 2.45) is 0 Å². The van der Waals surface area contributed by atoms with Gasteiger partial charge < -0.3 is 10.2 Å². The topological polar surface area (TPSA) is 86.8 Å². The average molecular weight is 436 g/mol. The van der Waals surface area contributed by atoms with Gasteiger partial charge in [-0.15, -0.1) is 11.3 Å². The number of nitrogens with one attached hydrogen (secondary N) is 1. The Hall–Kier alpha value is -2.23. The Balaban J connectivity index is 1.83. The highest BCUT2D eigenvalue weighted by atomic mass is 32.2. The maximum Gasteiger partial charge on any atom is 0.252 e. The number of carbonyl (C=O) groups is 2. The first-order chi connectivity index (χ1) is 13.7. The molecule has 0 unspecified atom stereocenters. The first-order valence-corrected chi connectivity index (χ1v) is 11.8. The molecular weight excluding hydrogens is 410 g/mol. The van der Waals surface area contributed by atoms with Crippen molar-refractivity contribution in [2.45, 2.75) is 36.9 Å². The summed E-state index contributed by atoms with van der Waals surface area (Å²) >= 11 is 1.12. The van der Waals surface area contributed by atoms with Gasteiger partial charge in [0.1, 0.15) is 4.21 Å². The molecule has 0 spiro atoms. The van der Waals surface area contributed by atoms with E-state index in [0.717, 1.165) is 21.2 Å². The van der Waals surface area contributed by atoms with Gasteiger partial charge in [-0.3, -0.25) is 9.59 Å². The normalized spacial score (nSPS) is 14.2. The SMILES string of the molecule is CC(C)NC(=O)c1cccc2c1CCCN2C(=O)CN(C)S(=O)(=O)c1cccs1. The lowest BCUT2D eigenvalue weighted by molar-refractivity contribution is -0.118. The first kappa shape index (κ1) is 21.5. The summed E-state index contributed by atoms with van der Waals surface area (Å²) in [5.41, 5.74) is 2.07. The summed E-state index contributed by atoms with van der Waals surface area (Å²) in [5.74, 6) is -0.474. The van der Waals surface area contributed by atoms with Crippen molar-refractivity contribution in [2.75, 3.05) is 25.0 Å². The number of hydrogen-bond donors (Lipinski definition) is 1. The molecular formula is C20H25N3O4S2. The highest BCUT2D eigenvalue weighted by molar-refractivity contribution is 7.91. The fourth-order valence-corrected chi connectivity index (χ4v) is 5.68. The van der Waals surface area contributed by atoms with Gasteiger partial charge in [-0.1, -0.05) is 12.1 Å². The third-order valence-electron chi connectivity index (χ3n) is 4.73. The molecule has 0 radical (unpaired) electrons. The third-order valence-corrected chi connectivity index (χ3v) is 7.91. The molecule has 2 aromatic rings. The average Bonchev–Trinajstić information content (AvgIpc) is 3.22. The summed E-state index contributed by atoms with van der Waals surface area (Å²) in [6, 6.07) is 8.53. The lowest BCUT2D eigenvalue weighted by Gasteiger charge is -2.32. The quantitative estimate of drug-likeness (QED) is 0.755. The molecule has 7 nitrogen and oxygen atoms in total. The van der Waals surface area contributed by atoms with Crippen LogP contribution >= 0.6 is 11.3 Å². The zero-order valence-electron chi connectivity index (χ0n) is 16.7. The number of likely N-dealkylation sites (N-methyl/N-ethyl adjacent to an activating group) is 1. The Bertz CT molecular complexity index is 1000. The number of amides is 2. The number of sulfonamides is 1. The van der Waals surface area contributed by atoms with Gasteiger partial charge in [0.05, 0.1) is 6.54 Å². The molecule has 3 rings (SSSR count).